The number of ether oxygens (including phenoxy) is 5. The van der Waals surface area contributed by atoms with Gasteiger partial charge in [0.2, 0.25) is 0 Å². The third-order valence-electron chi connectivity index (χ3n) is 6.01. The van der Waals surface area contributed by atoms with Crippen LogP contribution in [0, 0.1) is 0 Å². The van der Waals surface area contributed by atoms with Crippen molar-refractivity contribution in [2.75, 3.05) is 6.61 Å². The minimum atomic E-state index is -0.422. The van der Waals surface area contributed by atoms with Gasteiger partial charge in [-0.1, -0.05) is 12.8 Å². The van der Waals surface area contributed by atoms with Crippen LogP contribution >= 0.6 is 0 Å². The average molecular weight is 310 g/mol. The van der Waals surface area contributed by atoms with Crippen LogP contribution in [0.3, 0.4) is 0 Å². The van der Waals surface area contributed by atoms with E-state index in [9.17, 15) is 0 Å². The van der Waals surface area contributed by atoms with Crippen molar-refractivity contribution in [3.05, 3.63) is 0 Å². The Kier molecular flexibility index (Phi) is 3.32. The van der Waals surface area contributed by atoms with E-state index in [1.807, 2.05) is 0 Å². The Morgan fingerprint density at radius 2 is 1.18 bits per heavy atom. The fourth-order valence-corrected chi connectivity index (χ4v) is 4.90. The Morgan fingerprint density at radius 1 is 0.591 bits per heavy atom. The van der Waals surface area contributed by atoms with Crippen LogP contribution in [-0.2, 0) is 23.7 Å². The first-order valence-corrected chi connectivity index (χ1v) is 9.11. The van der Waals surface area contributed by atoms with Crippen molar-refractivity contribution >= 4 is 0 Å². The van der Waals surface area contributed by atoms with Gasteiger partial charge in [-0.3, -0.25) is 0 Å². The van der Waals surface area contributed by atoms with Gasteiger partial charge in [0, 0.05) is 25.7 Å². The number of fused-ring (bicyclic) bond motifs is 3. The van der Waals surface area contributed by atoms with Crippen LogP contribution < -0.4 is 0 Å². The van der Waals surface area contributed by atoms with Crippen LogP contribution in [-0.4, -0.2) is 42.8 Å². The van der Waals surface area contributed by atoms with Gasteiger partial charge in [-0.15, -0.1) is 0 Å². The van der Waals surface area contributed by atoms with E-state index < -0.39 is 5.79 Å². The molecule has 0 unspecified atom stereocenters. The summed E-state index contributed by atoms with van der Waals surface area (Å²) in [5.41, 5.74) is 0. The van der Waals surface area contributed by atoms with E-state index in [4.69, 9.17) is 23.7 Å². The molecule has 22 heavy (non-hydrogen) atoms. The monoisotopic (exact) mass is 310 g/mol. The van der Waals surface area contributed by atoms with E-state index in [2.05, 4.69) is 0 Å². The SMILES string of the molecule is C1CCC2(CC1)O[C@H]1OC[C@H]3OC4(CCCCC4)O[C@H]3[C@H]1O2. The average Bonchev–Trinajstić information content (AvgIpc) is 3.07. The van der Waals surface area contributed by atoms with E-state index in [0.29, 0.717) is 6.61 Å². The fourth-order valence-electron chi connectivity index (χ4n) is 4.90. The zero-order valence-electron chi connectivity index (χ0n) is 13.1. The molecule has 0 N–H and O–H groups in total. The van der Waals surface area contributed by atoms with Crippen molar-refractivity contribution in [1.82, 2.24) is 0 Å². The highest BCUT2D eigenvalue weighted by Gasteiger charge is 2.61. The molecular formula is C17H26O5. The van der Waals surface area contributed by atoms with Crippen LogP contribution in [0.5, 0.6) is 0 Å². The zero-order chi connectivity index (χ0) is 14.6. The van der Waals surface area contributed by atoms with Gasteiger partial charge in [0.05, 0.1) is 6.61 Å². The minimum Gasteiger partial charge on any atom is -0.347 e. The summed E-state index contributed by atoms with van der Waals surface area (Å²) in [6.07, 6.45) is 10.8. The zero-order valence-corrected chi connectivity index (χ0v) is 13.1. The normalized spacial score (nSPS) is 45.8. The molecule has 0 amide bonds. The molecule has 0 aromatic heterocycles. The summed E-state index contributed by atoms with van der Waals surface area (Å²) < 4.78 is 31.2. The Morgan fingerprint density at radius 3 is 1.86 bits per heavy atom. The molecule has 3 aliphatic heterocycles. The van der Waals surface area contributed by atoms with Crippen molar-refractivity contribution in [2.24, 2.45) is 0 Å². The summed E-state index contributed by atoms with van der Waals surface area (Å²) in [7, 11) is 0. The van der Waals surface area contributed by atoms with Crippen molar-refractivity contribution < 1.29 is 23.7 Å². The lowest BCUT2D eigenvalue weighted by atomic mass is 9.94. The molecular weight excluding hydrogens is 284 g/mol. The molecule has 124 valence electrons. The van der Waals surface area contributed by atoms with Gasteiger partial charge in [0.25, 0.3) is 0 Å². The first-order valence-electron chi connectivity index (χ1n) is 9.11. The maximum Gasteiger partial charge on any atom is 0.189 e. The molecule has 3 saturated heterocycles. The third-order valence-corrected chi connectivity index (χ3v) is 6.01. The maximum absolute atomic E-state index is 6.43. The van der Waals surface area contributed by atoms with Gasteiger partial charge in [0.1, 0.15) is 18.3 Å². The second-order valence-corrected chi connectivity index (χ2v) is 7.58. The Hall–Kier alpha value is -0.200. The first-order chi connectivity index (χ1) is 10.8. The van der Waals surface area contributed by atoms with Crippen LogP contribution in [0.4, 0.5) is 0 Å². The lowest BCUT2D eigenvalue weighted by Crippen LogP contribution is -2.50. The Balaban J connectivity index is 1.35. The standard InChI is InChI=1S/C17H26O5/c1-3-7-16(8-4-1)19-12-11-18-15-14(13(12)20-16)21-17(22-15)9-5-2-6-10-17/h12-15H,1-11H2/t12-,13-,14-,15-/m1/s1. The lowest BCUT2D eigenvalue weighted by molar-refractivity contribution is -0.234. The molecule has 5 aliphatic rings. The molecule has 5 rings (SSSR count). The molecule has 2 spiro atoms. The van der Waals surface area contributed by atoms with Gasteiger partial charge in [-0.2, -0.15) is 0 Å². The first kappa shape index (κ1) is 14.2. The summed E-state index contributed by atoms with van der Waals surface area (Å²) >= 11 is 0. The molecule has 0 aromatic carbocycles. The second-order valence-electron chi connectivity index (χ2n) is 7.58. The molecule has 0 aromatic rings. The third kappa shape index (κ3) is 2.17. The van der Waals surface area contributed by atoms with Gasteiger partial charge in [-0.25, -0.2) is 0 Å². The van der Waals surface area contributed by atoms with Crippen molar-refractivity contribution in [3.8, 4) is 0 Å². The Labute approximate surface area is 131 Å². The smallest absolute Gasteiger partial charge is 0.189 e. The van der Waals surface area contributed by atoms with Crippen LogP contribution in [0.2, 0.25) is 0 Å². The molecule has 0 bridgehead atoms. The van der Waals surface area contributed by atoms with Gasteiger partial charge >= 0.3 is 0 Å². The summed E-state index contributed by atoms with van der Waals surface area (Å²) in [5.74, 6) is -0.800. The van der Waals surface area contributed by atoms with E-state index in [0.717, 1.165) is 25.7 Å². The fraction of sp³-hybridized carbons (Fsp3) is 1.00. The molecule has 2 saturated carbocycles. The van der Waals surface area contributed by atoms with Crippen molar-refractivity contribution in [2.45, 2.75) is 100 Å². The molecule has 4 atom stereocenters. The lowest BCUT2D eigenvalue weighted by Gasteiger charge is -2.33. The van der Waals surface area contributed by atoms with E-state index in [1.54, 1.807) is 0 Å². The predicted molar refractivity (Wildman–Crippen MR) is 77.1 cm³/mol. The topological polar surface area (TPSA) is 46.2 Å². The van der Waals surface area contributed by atoms with E-state index in [-0.39, 0.29) is 30.4 Å². The summed E-state index contributed by atoms with van der Waals surface area (Å²) in [4.78, 5) is 0. The number of hydrogen-bond acceptors (Lipinski definition) is 5. The van der Waals surface area contributed by atoms with Crippen LogP contribution in [0.1, 0.15) is 64.2 Å². The Bertz CT molecular complexity index is 387. The molecule has 2 aliphatic carbocycles. The van der Waals surface area contributed by atoms with Crippen molar-refractivity contribution in [1.29, 1.82) is 0 Å². The highest BCUT2D eigenvalue weighted by Crippen LogP contribution is 2.49. The van der Waals surface area contributed by atoms with E-state index >= 15 is 0 Å². The molecule has 5 heteroatoms. The molecule has 0 radical (unpaired) electrons. The van der Waals surface area contributed by atoms with Gasteiger partial charge in [-0.05, 0) is 25.7 Å². The van der Waals surface area contributed by atoms with Crippen molar-refractivity contribution in [3.63, 3.8) is 0 Å². The highest BCUT2D eigenvalue weighted by molar-refractivity contribution is 4.99. The number of hydrogen-bond donors (Lipinski definition) is 0. The summed E-state index contributed by atoms with van der Waals surface area (Å²) in [5, 5.41) is 0. The predicted octanol–water partition coefficient (Wildman–Crippen LogP) is 2.86. The largest absolute Gasteiger partial charge is 0.347 e. The maximum atomic E-state index is 6.43. The van der Waals surface area contributed by atoms with Crippen LogP contribution in [0.15, 0.2) is 0 Å². The van der Waals surface area contributed by atoms with Crippen LogP contribution in [0.25, 0.3) is 0 Å². The summed E-state index contributed by atoms with van der Waals surface area (Å²) in [6, 6.07) is 0. The molecule has 3 heterocycles. The van der Waals surface area contributed by atoms with Gasteiger partial charge in [0.15, 0.2) is 17.9 Å². The minimum absolute atomic E-state index is 0.00157. The number of rotatable bonds is 0. The second kappa shape index (κ2) is 5.15. The van der Waals surface area contributed by atoms with Gasteiger partial charge < -0.3 is 23.7 Å². The summed E-state index contributed by atoms with van der Waals surface area (Å²) in [6.45, 7) is 0.563. The quantitative estimate of drug-likeness (QED) is 0.688. The molecule has 5 nitrogen and oxygen atoms in total. The highest BCUT2D eigenvalue weighted by atomic mass is 16.9. The van der Waals surface area contributed by atoms with E-state index in [1.165, 1.54) is 38.5 Å². The molecule has 5 fully saturated rings.